The first-order valence-corrected chi connectivity index (χ1v) is 6.64. The Bertz CT molecular complexity index is 419. The van der Waals surface area contributed by atoms with Gasteiger partial charge in [-0.15, -0.1) is 0 Å². The van der Waals surface area contributed by atoms with Crippen molar-refractivity contribution >= 4 is 21.8 Å². The third kappa shape index (κ3) is 2.72. The maximum absolute atomic E-state index is 12.4. The van der Waals surface area contributed by atoms with E-state index in [-0.39, 0.29) is 5.91 Å². The quantitative estimate of drug-likeness (QED) is 0.855. The summed E-state index contributed by atoms with van der Waals surface area (Å²) in [6, 6.07) is 2.58. The van der Waals surface area contributed by atoms with E-state index in [2.05, 4.69) is 35.1 Å². The van der Waals surface area contributed by atoms with E-state index in [1.54, 1.807) is 0 Å². The van der Waals surface area contributed by atoms with Crippen molar-refractivity contribution in [2.24, 2.45) is 7.05 Å². The van der Waals surface area contributed by atoms with Gasteiger partial charge in [-0.05, 0) is 35.8 Å². The summed E-state index contributed by atoms with van der Waals surface area (Å²) in [5.74, 6) is 0.110. The van der Waals surface area contributed by atoms with Gasteiger partial charge in [0, 0.05) is 42.9 Å². The minimum absolute atomic E-state index is 0.110. The number of rotatable bonds is 1. The molecule has 2 heterocycles. The predicted molar refractivity (Wildman–Crippen MR) is 71.1 cm³/mol. The fraction of sp³-hybridized carbons (Fsp3) is 0.583. The van der Waals surface area contributed by atoms with Crippen molar-refractivity contribution < 1.29 is 4.79 Å². The van der Waals surface area contributed by atoms with Gasteiger partial charge in [-0.3, -0.25) is 4.79 Å². The molecule has 2 rings (SSSR count). The van der Waals surface area contributed by atoms with Gasteiger partial charge < -0.3 is 14.8 Å². The molecule has 1 amide bonds. The van der Waals surface area contributed by atoms with Crippen LogP contribution in [-0.2, 0) is 7.05 Å². The van der Waals surface area contributed by atoms with Crippen molar-refractivity contribution in [3.8, 4) is 0 Å². The Balaban J connectivity index is 2.17. The summed E-state index contributed by atoms with van der Waals surface area (Å²) in [5, 5.41) is 3.43. The lowest BCUT2D eigenvalue weighted by Crippen LogP contribution is -2.56. The van der Waals surface area contributed by atoms with Gasteiger partial charge in [0.05, 0.1) is 0 Å². The Morgan fingerprint density at radius 1 is 1.41 bits per heavy atom. The van der Waals surface area contributed by atoms with Crippen LogP contribution in [0.4, 0.5) is 0 Å². The number of aryl methyl sites for hydroxylation is 1. The van der Waals surface area contributed by atoms with E-state index in [1.165, 1.54) is 0 Å². The second-order valence-electron chi connectivity index (χ2n) is 4.83. The van der Waals surface area contributed by atoms with Crippen LogP contribution in [0.3, 0.4) is 0 Å². The highest BCUT2D eigenvalue weighted by Gasteiger charge is 2.26. The second-order valence-corrected chi connectivity index (χ2v) is 5.75. The number of nitrogens with zero attached hydrogens (tertiary/aromatic N) is 2. The van der Waals surface area contributed by atoms with E-state index in [9.17, 15) is 4.79 Å². The molecule has 2 unspecified atom stereocenters. The van der Waals surface area contributed by atoms with Crippen molar-refractivity contribution in [3.05, 3.63) is 22.4 Å². The second kappa shape index (κ2) is 4.82. The van der Waals surface area contributed by atoms with Gasteiger partial charge in [-0.25, -0.2) is 0 Å². The smallest absolute Gasteiger partial charge is 0.270 e. The average Bonchev–Trinajstić information content (AvgIpc) is 2.55. The van der Waals surface area contributed by atoms with Gasteiger partial charge in [0.1, 0.15) is 5.69 Å². The lowest BCUT2D eigenvalue weighted by molar-refractivity contribution is 0.0664. The number of amides is 1. The molecule has 1 aliphatic rings. The summed E-state index contributed by atoms with van der Waals surface area (Å²) >= 11 is 3.40. The summed E-state index contributed by atoms with van der Waals surface area (Å²) < 4.78 is 2.81. The van der Waals surface area contributed by atoms with E-state index in [1.807, 2.05) is 28.8 Å². The average molecular weight is 300 g/mol. The maximum Gasteiger partial charge on any atom is 0.270 e. The molecule has 0 aromatic carbocycles. The zero-order valence-corrected chi connectivity index (χ0v) is 12.0. The summed E-state index contributed by atoms with van der Waals surface area (Å²) in [4.78, 5) is 14.3. The maximum atomic E-state index is 12.4. The van der Waals surface area contributed by atoms with E-state index < -0.39 is 0 Å². The van der Waals surface area contributed by atoms with Gasteiger partial charge >= 0.3 is 0 Å². The van der Waals surface area contributed by atoms with Gasteiger partial charge in [-0.1, -0.05) is 0 Å². The number of hydrogen-bond acceptors (Lipinski definition) is 2. The van der Waals surface area contributed by atoms with Crippen molar-refractivity contribution in [1.29, 1.82) is 0 Å². The molecule has 2 atom stereocenters. The van der Waals surface area contributed by atoms with Crippen molar-refractivity contribution in [2.45, 2.75) is 25.9 Å². The van der Waals surface area contributed by atoms with Crippen LogP contribution < -0.4 is 5.32 Å². The molecule has 1 aliphatic heterocycles. The van der Waals surface area contributed by atoms with Crippen LogP contribution in [0.5, 0.6) is 0 Å². The highest BCUT2D eigenvalue weighted by molar-refractivity contribution is 9.10. The van der Waals surface area contributed by atoms with Crippen molar-refractivity contribution in [3.63, 3.8) is 0 Å². The van der Waals surface area contributed by atoms with Crippen LogP contribution in [0.1, 0.15) is 24.3 Å². The number of hydrogen-bond donors (Lipinski definition) is 1. The Morgan fingerprint density at radius 3 is 2.47 bits per heavy atom. The predicted octanol–water partition coefficient (Wildman–Crippen LogP) is 1.61. The third-order valence-electron chi connectivity index (χ3n) is 3.04. The molecule has 1 N–H and O–H groups in total. The highest BCUT2D eigenvalue weighted by Crippen LogP contribution is 2.16. The normalized spacial score (nSPS) is 25.1. The molecule has 94 valence electrons. The van der Waals surface area contributed by atoms with Crippen molar-refractivity contribution in [2.75, 3.05) is 13.1 Å². The van der Waals surface area contributed by atoms with Gasteiger partial charge in [0.2, 0.25) is 0 Å². The Labute approximate surface area is 110 Å². The summed E-state index contributed by atoms with van der Waals surface area (Å²) in [5.41, 5.74) is 0.734. The van der Waals surface area contributed by atoms with Gasteiger partial charge in [0.15, 0.2) is 0 Å². The first-order chi connectivity index (χ1) is 7.97. The minimum Gasteiger partial charge on any atom is -0.345 e. The molecular weight excluding hydrogens is 282 g/mol. The molecule has 1 fully saturated rings. The molecule has 0 bridgehead atoms. The largest absolute Gasteiger partial charge is 0.345 e. The third-order valence-corrected chi connectivity index (χ3v) is 3.47. The molecule has 0 spiro atoms. The number of carbonyl (C=O) groups is 1. The van der Waals surface area contributed by atoms with Gasteiger partial charge in [0.25, 0.3) is 5.91 Å². The van der Waals surface area contributed by atoms with Crippen LogP contribution >= 0.6 is 15.9 Å². The molecule has 1 aromatic heterocycles. The number of nitrogens with one attached hydrogen (secondary N) is 1. The fourth-order valence-electron chi connectivity index (χ4n) is 2.39. The van der Waals surface area contributed by atoms with Crippen LogP contribution in [0.25, 0.3) is 0 Å². The number of halogens is 1. The number of aromatic nitrogens is 1. The minimum atomic E-state index is 0.110. The van der Waals surface area contributed by atoms with E-state index in [0.717, 1.165) is 23.3 Å². The van der Waals surface area contributed by atoms with E-state index in [0.29, 0.717) is 12.1 Å². The zero-order valence-electron chi connectivity index (χ0n) is 10.4. The molecule has 1 aromatic rings. The molecule has 0 aliphatic carbocycles. The van der Waals surface area contributed by atoms with Gasteiger partial charge in [-0.2, -0.15) is 0 Å². The van der Waals surface area contributed by atoms with Crippen LogP contribution in [0, 0.1) is 0 Å². The summed E-state index contributed by atoms with van der Waals surface area (Å²) in [6.07, 6.45) is 1.91. The number of piperazine rings is 1. The Morgan fingerprint density at radius 2 is 2.00 bits per heavy atom. The lowest BCUT2D eigenvalue weighted by Gasteiger charge is -2.36. The molecule has 0 saturated carbocycles. The fourth-order valence-corrected chi connectivity index (χ4v) is 2.92. The summed E-state index contributed by atoms with van der Waals surface area (Å²) in [7, 11) is 1.90. The molecule has 0 radical (unpaired) electrons. The van der Waals surface area contributed by atoms with Crippen molar-refractivity contribution in [1.82, 2.24) is 14.8 Å². The first kappa shape index (κ1) is 12.6. The molecule has 1 saturated heterocycles. The highest BCUT2D eigenvalue weighted by atomic mass is 79.9. The first-order valence-electron chi connectivity index (χ1n) is 5.84. The van der Waals surface area contributed by atoms with Crippen LogP contribution in [-0.4, -0.2) is 40.5 Å². The van der Waals surface area contributed by atoms with Crippen LogP contribution in [0.15, 0.2) is 16.7 Å². The standard InChI is InChI=1S/C12H18BrN3O/c1-8-5-16(6-9(2)14-8)12(17)11-4-10(13)7-15(11)3/h4,7-9,14H,5-6H2,1-3H3. The zero-order chi connectivity index (χ0) is 12.6. The molecule has 17 heavy (non-hydrogen) atoms. The number of carbonyl (C=O) groups excluding carboxylic acids is 1. The van der Waals surface area contributed by atoms with Crippen LogP contribution in [0.2, 0.25) is 0 Å². The topological polar surface area (TPSA) is 37.3 Å². The monoisotopic (exact) mass is 299 g/mol. The van der Waals surface area contributed by atoms with E-state index in [4.69, 9.17) is 0 Å². The Hall–Kier alpha value is -0.810. The molecule has 4 nitrogen and oxygen atoms in total. The summed E-state index contributed by atoms with van der Waals surface area (Å²) in [6.45, 7) is 5.76. The molecular formula is C12H18BrN3O. The Kier molecular flexibility index (Phi) is 3.58. The SMILES string of the molecule is CC1CN(C(=O)c2cc(Br)cn2C)CC(C)N1. The van der Waals surface area contributed by atoms with E-state index >= 15 is 0 Å². The molecule has 5 heteroatoms. The lowest BCUT2D eigenvalue weighted by atomic mass is 10.1.